The van der Waals surface area contributed by atoms with Crippen LogP contribution in [0.25, 0.3) is 0 Å². The van der Waals surface area contributed by atoms with Crippen molar-refractivity contribution < 1.29 is 9.47 Å². The minimum Gasteiger partial charge on any atom is -0.491 e. The summed E-state index contributed by atoms with van der Waals surface area (Å²) in [4.78, 5) is 0. The highest BCUT2D eigenvalue weighted by molar-refractivity contribution is 5.36. The van der Waals surface area contributed by atoms with Crippen molar-refractivity contribution in [2.75, 3.05) is 32.9 Å². The largest absolute Gasteiger partial charge is 0.491 e. The average molecular weight is 277 g/mol. The number of aryl methyl sites for hydroxylation is 1. The van der Waals surface area contributed by atoms with Crippen LogP contribution < -0.4 is 10.1 Å². The van der Waals surface area contributed by atoms with Crippen molar-refractivity contribution in [3.63, 3.8) is 0 Å². The standard InChI is InChI=1S/C17H27NO2/c1-5-8-18-9-10-19-11-12-20-16-6-7-17(14(2)3)15(4)13-16/h5-7,13-14,18H,1,8-12H2,2-4H3. The lowest BCUT2D eigenvalue weighted by Crippen LogP contribution is -2.20. The molecule has 0 amide bonds. The van der Waals surface area contributed by atoms with Gasteiger partial charge in [0.05, 0.1) is 13.2 Å². The average Bonchev–Trinajstić information content (AvgIpc) is 2.41. The minimum absolute atomic E-state index is 0.551. The van der Waals surface area contributed by atoms with Gasteiger partial charge >= 0.3 is 0 Å². The van der Waals surface area contributed by atoms with Gasteiger partial charge in [0.1, 0.15) is 12.4 Å². The molecule has 3 nitrogen and oxygen atoms in total. The first kappa shape index (κ1) is 16.7. The summed E-state index contributed by atoms with van der Waals surface area (Å²) in [6.45, 7) is 13.7. The van der Waals surface area contributed by atoms with Gasteiger partial charge in [-0.25, -0.2) is 0 Å². The number of rotatable bonds is 10. The number of hydrogen-bond acceptors (Lipinski definition) is 3. The Balaban J connectivity index is 2.19. The molecule has 0 fully saturated rings. The van der Waals surface area contributed by atoms with Crippen LogP contribution in [0, 0.1) is 6.92 Å². The van der Waals surface area contributed by atoms with Crippen LogP contribution >= 0.6 is 0 Å². The summed E-state index contributed by atoms with van der Waals surface area (Å²) in [6, 6.07) is 6.28. The zero-order valence-electron chi connectivity index (χ0n) is 12.9. The summed E-state index contributed by atoms with van der Waals surface area (Å²) in [5.74, 6) is 1.47. The SMILES string of the molecule is C=CCNCCOCCOc1ccc(C(C)C)c(C)c1. The van der Waals surface area contributed by atoms with Crippen LogP contribution in [-0.4, -0.2) is 32.9 Å². The quantitative estimate of drug-likeness (QED) is 0.526. The van der Waals surface area contributed by atoms with Gasteiger partial charge in [-0.2, -0.15) is 0 Å². The Morgan fingerprint density at radius 1 is 1.25 bits per heavy atom. The smallest absolute Gasteiger partial charge is 0.119 e. The van der Waals surface area contributed by atoms with Gasteiger partial charge in [0, 0.05) is 13.1 Å². The summed E-state index contributed by atoms with van der Waals surface area (Å²) in [7, 11) is 0. The third-order valence-electron chi connectivity index (χ3n) is 3.07. The van der Waals surface area contributed by atoms with E-state index in [4.69, 9.17) is 9.47 Å². The lowest BCUT2D eigenvalue weighted by Gasteiger charge is -2.12. The number of ether oxygens (including phenoxy) is 2. The van der Waals surface area contributed by atoms with Crippen molar-refractivity contribution in [1.82, 2.24) is 5.32 Å². The van der Waals surface area contributed by atoms with Gasteiger partial charge in [-0.05, 0) is 36.1 Å². The van der Waals surface area contributed by atoms with Gasteiger partial charge in [-0.1, -0.05) is 26.0 Å². The molecule has 1 aromatic carbocycles. The van der Waals surface area contributed by atoms with Crippen LogP contribution in [0.4, 0.5) is 0 Å². The fourth-order valence-electron chi connectivity index (χ4n) is 2.05. The van der Waals surface area contributed by atoms with Crippen molar-refractivity contribution in [2.24, 2.45) is 0 Å². The zero-order chi connectivity index (χ0) is 14.8. The second-order valence-electron chi connectivity index (χ2n) is 5.13. The summed E-state index contributed by atoms with van der Waals surface area (Å²) in [6.07, 6.45) is 1.84. The topological polar surface area (TPSA) is 30.5 Å². The van der Waals surface area contributed by atoms with E-state index in [-0.39, 0.29) is 0 Å². The molecule has 20 heavy (non-hydrogen) atoms. The Bertz CT molecular complexity index is 402. The molecule has 1 rings (SSSR count). The molecule has 0 bridgehead atoms. The van der Waals surface area contributed by atoms with E-state index in [1.54, 1.807) is 0 Å². The Labute approximate surface area is 123 Å². The Hall–Kier alpha value is -1.32. The molecule has 0 saturated heterocycles. The van der Waals surface area contributed by atoms with Crippen molar-refractivity contribution in [3.05, 3.63) is 42.0 Å². The Morgan fingerprint density at radius 2 is 2.05 bits per heavy atom. The molecule has 0 unspecified atom stereocenters. The molecule has 0 spiro atoms. The lowest BCUT2D eigenvalue weighted by atomic mass is 9.98. The van der Waals surface area contributed by atoms with Crippen LogP contribution in [0.15, 0.2) is 30.9 Å². The third-order valence-corrected chi connectivity index (χ3v) is 3.07. The lowest BCUT2D eigenvalue weighted by molar-refractivity contribution is 0.102. The molecule has 1 aromatic rings. The van der Waals surface area contributed by atoms with Gasteiger partial charge in [0.25, 0.3) is 0 Å². The van der Waals surface area contributed by atoms with Gasteiger partial charge in [0.2, 0.25) is 0 Å². The predicted molar refractivity (Wildman–Crippen MR) is 84.6 cm³/mol. The van der Waals surface area contributed by atoms with E-state index >= 15 is 0 Å². The highest BCUT2D eigenvalue weighted by Crippen LogP contribution is 2.23. The van der Waals surface area contributed by atoms with E-state index in [1.807, 2.05) is 12.1 Å². The van der Waals surface area contributed by atoms with E-state index < -0.39 is 0 Å². The molecule has 0 heterocycles. The highest BCUT2D eigenvalue weighted by atomic mass is 16.5. The van der Waals surface area contributed by atoms with Crippen LogP contribution in [0.1, 0.15) is 30.9 Å². The molecule has 112 valence electrons. The number of hydrogen-bond donors (Lipinski definition) is 1. The van der Waals surface area contributed by atoms with E-state index in [0.29, 0.717) is 25.7 Å². The first-order valence-corrected chi connectivity index (χ1v) is 7.28. The van der Waals surface area contributed by atoms with Crippen LogP contribution in [0.2, 0.25) is 0 Å². The van der Waals surface area contributed by atoms with E-state index in [9.17, 15) is 0 Å². The molecule has 0 radical (unpaired) electrons. The summed E-state index contributed by atoms with van der Waals surface area (Å²) < 4.78 is 11.2. The summed E-state index contributed by atoms with van der Waals surface area (Å²) >= 11 is 0. The molecule has 0 aliphatic heterocycles. The second kappa shape index (κ2) is 9.56. The predicted octanol–water partition coefficient (Wildman–Crippen LogP) is 3.29. The summed E-state index contributed by atoms with van der Waals surface area (Å²) in [5, 5.41) is 3.18. The van der Waals surface area contributed by atoms with E-state index in [2.05, 4.69) is 44.8 Å². The number of benzene rings is 1. The molecule has 3 heteroatoms. The maximum absolute atomic E-state index is 5.69. The fourth-order valence-corrected chi connectivity index (χ4v) is 2.05. The van der Waals surface area contributed by atoms with Crippen LogP contribution in [-0.2, 0) is 4.74 Å². The maximum atomic E-state index is 5.69. The molecule has 0 atom stereocenters. The normalized spacial score (nSPS) is 10.8. The Kier molecular flexibility index (Phi) is 8.00. The van der Waals surface area contributed by atoms with E-state index in [0.717, 1.165) is 18.8 Å². The first-order valence-electron chi connectivity index (χ1n) is 7.28. The maximum Gasteiger partial charge on any atom is 0.119 e. The molecular weight excluding hydrogens is 250 g/mol. The summed E-state index contributed by atoms with van der Waals surface area (Å²) in [5.41, 5.74) is 2.66. The van der Waals surface area contributed by atoms with Crippen molar-refractivity contribution >= 4 is 0 Å². The highest BCUT2D eigenvalue weighted by Gasteiger charge is 2.04. The van der Waals surface area contributed by atoms with Crippen molar-refractivity contribution in [1.29, 1.82) is 0 Å². The molecule has 0 aromatic heterocycles. The fraction of sp³-hybridized carbons (Fsp3) is 0.529. The zero-order valence-corrected chi connectivity index (χ0v) is 12.9. The first-order chi connectivity index (χ1) is 9.65. The van der Waals surface area contributed by atoms with Gasteiger partial charge < -0.3 is 14.8 Å². The van der Waals surface area contributed by atoms with Crippen molar-refractivity contribution in [3.8, 4) is 5.75 Å². The molecular formula is C17H27NO2. The second-order valence-corrected chi connectivity index (χ2v) is 5.13. The monoisotopic (exact) mass is 277 g/mol. The molecule has 0 saturated carbocycles. The van der Waals surface area contributed by atoms with Gasteiger partial charge in [-0.15, -0.1) is 6.58 Å². The Morgan fingerprint density at radius 3 is 2.70 bits per heavy atom. The van der Waals surface area contributed by atoms with Crippen molar-refractivity contribution in [2.45, 2.75) is 26.7 Å². The van der Waals surface area contributed by atoms with E-state index in [1.165, 1.54) is 11.1 Å². The van der Waals surface area contributed by atoms with Gasteiger partial charge in [-0.3, -0.25) is 0 Å². The molecule has 0 aliphatic carbocycles. The minimum atomic E-state index is 0.551. The van der Waals surface area contributed by atoms with Crippen LogP contribution in [0.3, 0.4) is 0 Å². The number of nitrogens with one attached hydrogen (secondary N) is 1. The molecule has 0 aliphatic rings. The van der Waals surface area contributed by atoms with Crippen LogP contribution in [0.5, 0.6) is 5.75 Å². The third kappa shape index (κ3) is 6.22. The molecule has 1 N–H and O–H groups in total. The van der Waals surface area contributed by atoms with Gasteiger partial charge in [0.15, 0.2) is 0 Å².